The summed E-state index contributed by atoms with van der Waals surface area (Å²) in [5.74, 6) is -1.33. The zero-order valence-corrected chi connectivity index (χ0v) is 12.6. The summed E-state index contributed by atoms with van der Waals surface area (Å²) in [4.78, 5) is 10.8. The third-order valence-electron chi connectivity index (χ3n) is 3.15. The van der Waals surface area contributed by atoms with Gasteiger partial charge in [0.15, 0.2) is 9.84 Å². The Bertz CT molecular complexity index is 763. The number of carboxylic acid groups (broad SMARTS) is 1. The summed E-state index contributed by atoms with van der Waals surface area (Å²) in [7, 11) is -3.37. The summed E-state index contributed by atoms with van der Waals surface area (Å²) in [5, 5.41) is 17.9. The number of carbonyl (C=O) groups is 1. The van der Waals surface area contributed by atoms with Crippen LogP contribution in [0.3, 0.4) is 0 Å². The Hall–Kier alpha value is -2.18. The van der Waals surface area contributed by atoms with Gasteiger partial charge in [-0.2, -0.15) is 0 Å². The van der Waals surface area contributed by atoms with Crippen LogP contribution in [0, 0.1) is 0 Å². The molecule has 0 amide bonds. The highest BCUT2D eigenvalue weighted by Gasteiger charge is 2.14. The molecular formula is C16H16O5S. The zero-order valence-electron chi connectivity index (χ0n) is 11.8. The molecule has 2 aromatic rings. The molecule has 0 heterocycles. The fourth-order valence-corrected chi connectivity index (χ4v) is 3.61. The van der Waals surface area contributed by atoms with E-state index in [2.05, 4.69) is 0 Å². The fourth-order valence-electron chi connectivity index (χ4n) is 2.12. The molecule has 0 aromatic heterocycles. The maximum atomic E-state index is 12.2. The predicted molar refractivity (Wildman–Crippen MR) is 82.1 cm³/mol. The highest BCUT2D eigenvalue weighted by atomic mass is 32.2. The van der Waals surface area contributed by atoms with Gasteiger partial charge >= 0.3 is 5.97 Å². The van der Waals surface area contributed by atoms with Crippen molar-refractivity contribution in [2.24, 2.45) is 0 Å². The van der Waals surface area contributed by atoms with E-state index in [-0.39, 0.29) is 23.7 Å². The van der Waals surface area contributed by atoms with Crippen LogP contribution in [0.5, 0.6) is 0 Å². The predicted octanol–water partition coefficient (Wildman–Crippen LogP) is 1.99. The maximum absolute atomic E-state index is 12.2. The van der Waals surface area contributed by atoms with Crippen molar-refractivity contribution in [3.8, 4) is 0 Å². The van der Waals surface area contributed by atoms with Crippen molar-refractivity contribution < 1.29 is 23.4 Å². The molecule has 116 valence electrons. The standard InChI is InChI=1S/C16H16O5S/c17-9-13-2-1-3-14(8-13)11-22(20,21)10-12-4-6-15(7-5-12)16(18)19/h1-8,17H,9-11H2,(H,18,19). The summed E-state index contributed by atoms with van der Waals surface area (Å²) >= 11 is 0. The van der Waals surface area contributed by atoms with E-state index in [0.717, 1.165) is 0 Å². The number of sulfone groups is 1. The van der Waals surface area contributed by atoms with E-state index in [9.17, 15) is 13.2 Å². The lowest BCUT2D eigenvalue weighted by atomic mass is 10.1. The van der Waals surface area contributed by atoms with E-state index in [1.807, 2.05) is 0 Å². The Morgan fingerprint density at radius 1 is 0.909 bits per heavy atom. The minimum absolute atomic E-state index is 0.122. The molecule has 0 fully saturated rings. The molecule has 0 aliphatic rings. The quantitative estimate of drug-likeness (QED) is 0.849. The summed E-state index contributed by atoms with van der Waals surface area (Å²) in [5.41, 5.74) is 1.95. The second-order valence-electron chi connectivity index (χ2n) is 5.01. The molecule has 0 atom stereocenters. The zero-order chi connectivity index (χ0) is 16.2. The number of hydrogen-bond acceptors (Lipinski definition) is 4. The monoisotopic (exact) mass is 320 g/mol. The van der Waals surface area contributed by atoms with Crippen molar-refractivity contribution in [3.05, 3.63) is 70.8 Å². The second kappa shape index (κ2) is 6.72. The molecule has 0 aliphatic carbocycles. The first-order valence-corrected chi connectivity index (χ1v) is 8.43. The van der Waals surface area contributed by atoms with E-state index in [1.54, 1.807) is 24.3 Å². The average molecular weight is 320 g/mol. The molecule has 2 aromatic carbocycles. The van der Waals surface area contributed by atoms with Crippen molar-refractivity contribution in [2.75, 3.05) is 0 Å². The van der Waals surface area contributed by atoms with Gasteiger partial charge in [-0.3, -0.25) is 0 Å². The van der Waals surface area contributed by atoms with E-state index >= 15 is 0 Å². The Balaban J connectivity index is 2.11. The van der Waals surface area contributed by atoms with Gasteiger partial charge in [0.2, 0.25) is 0 Å². The van der Waals surface area contributed by atoms with Crippen LogP contribution >= 0.6 is 0 Å². The van der Waals surface area contributed by atoms with E-state index in [1.165, 1.54) is 24.3 Å². The lowest BCUT2D eigenvalue weighted by Gasteiger charge is -2.06. The lowest BCUT2D eigenvalue weighted by molar-refractivity contribution is 0.0697. The fraction of sp³-hybridized carbons (Fsp3) is 0.188. The highest BCUT2D eigenvalue weighted by Crippen LogP contribution is 2.15. The van der Waals surface area contributed by atoms with Crippen LogP contribution in [-0.4, -0.2) is 24.6 Å². The molecule has 0 radical (unpaired) electrons. The van der Waals surface area contributed by atoms with Gasteiger partial charge in [-0.25, -0.2) is 13.2 Å². The molecule has 0 saturated carbocycles. The van der Waals surface area contributed by atoms with Crippen molar-refractivity contribution >= 4 is 15.8 Å². The number of carboxylic acids is 1. The molecule has 0 bridgehead atoms. The van der Waals surface area contributed by atoms with Crippen LogP contribution in [0.25, 0.3) is 0 Å². The van der Waals surface area contributed by atoms with Crippen LogP contribution in [-0.2, 0) is 27.9 Å². The Morgan fingerprint density at radius 3 is 2.09 bits per heavy atom. The van der Waals surface area contributed by atoms with Gasteiger partial charge in [-0.15, -0.1) is 0 Å². The third kappa shape index (κ3) is 4.41. The SMILES string of the molecule is O=C(O)c1ccc(CS(=O)(=O)Cc2cccc(CO)c2)cc1. The molecule has 2 N–H and O–H groups in total. The summed E-state index contributed by atoms with van der Waals surface area (Å²) in [6.45, 7) is -0.134. The van der Waals surface area contributed by atoms with Gasteiger partial charge in [-0.1, -0.05) is 36.4 Å². The van der Waals surface area contributed by atoms with Crippen LogP contribution in [0.2, 0.25) is 0 Å². The first-order valence-electron chi connectivity index (χ1n) is 6.61. The number of aromatic carboxylic acids is 1. The van der Waals surface area contributed by atoms with E-state index in [0.29, 0.717) is 16.7 Å². The van der Waals surface area contributed by atoms with Crippen LogP contribution in [0.1, 0.15) is 27.0 Å². The van der Waals surface area contributed by atoms with E-state index in [4.69, 9.17) is 10.2 Å². The van der Waals surface area contributed by atoms with Gasteiger partial charge in [-0.05, 0) is 28.8 Å². The Morgan fingerprint density at radius 2 is 1.50 bits per heavy atom. The molecule has 0 unspecified atom stereocenters. The number of rotatable bonds is 6. The normalized spacial score (nSPS) is 11.3. The summed E-state index contributed by atoms with van der Waals surface area (Å²) < 4.78 is 24.4. The molecule has 5 nitrogen and oxygen atoms in total. The maximum Gasteiger partial charge on any atom is 0.335 e. The summed E-state index contributed by atoms with van der Waals surface area (Å²) in [6, 6.07) is 12.6. The topological polar surface area (TPSA) is 91.7 Å². The number of aliphatic hydroxyl groups is 1. The van der Waals surface area contributed by atoms with Crippen molar-refractivity contribution in [2.45, 2.75) is 18.1 Å². The van der Waals surface area contributed by atoms with Gasteiger partial charge in [0, 0.05) is 0 Å². The van der Waals surface area contributed by atoms with E-state index < -0.39 is 15.8 Å². The van der Waals surface area contributed by atoms with Crippen LogP contribution in [0.15, 0.2) is 48.5 Å². The second-order valence-corrected chi connectivity index (χ2v) is 7.08. The number of aliphatic hydroxyl groups excluding tert-OH is 1. The molecule has 6 heteroatoms. The Kier molecular flexibility index (Phi) is 4.95. The molecule has 2 rings (SSSR count). The number of hydrogen-bond donors (Lipinski definition) is 2. The largest absolute Gasteiger partial charge is 0.478 e. The van der Waals surface area contributed by atoms with Gasteiger partial charge < -0.3 is 10.2 Å². The van der Waals surface area contributed by atoms with Crippen molar-refractivity contribution in [1.29, 1.82) is 0 Å². The molecule has 22 heavy (non-hydrogen) atoms. The van der Waals surface area contributed by atoms with Crippen molar-refractivity contribution in [1.82, 2.24) is 0 Å². The Labute approximate surface area is 128 Å². The lowest BCUT2D eigenvalue weighted by Crippen LogP contribution is -2.08. The first kappa shape index (κ1) is 16.2. The molecule has 0 saturated heterocycles. The van der Waals surface area contributed by atoms with Crippen molar-refractivity contribution in [3.63, 3.8) is 0 Å². The molecule has 0 spiro atoms. The third-order valence-corrected chi connectivity index (χ3v) is 4.69. The molecule has 0 aliphatic heterocycles. The average Bonchev–Trinajstić information content (AvgIpc) is 2.47. The highest BCUT2D eigenvalue weighted by molar-refractivity contribution is 7.89. The first-order chi connectivity index (χ1) is 10.4. The number of benzene rings is 2. The van der Waals surface area contributed by atoms with Crippen LogP contribution < -0.4 is 0 Å². The van der Waals surface area contributed by atoms with Gasteiger partial charge in [0.1, 0.15) is 0 Å². The smallest absolute Gasteiger partial charge is 0.335 e. The van der Waals surface area contributed by atoms with Gasteiger partial charge in [0.25, 0.3) is 0 Å². The van der Waals surface area contributed by atoms with Gasteiger partial charge in [0.05, 0.1) is 23.7 Å². The molecular weight excluding hydrogens is 304 g/mol. The summed E-state index contributed by atoms with van der Waals surface area (Å²) in [6.07, 6.45) is 0. The minimum atomic E-state index is -3.37. The minimum Gasteiger partial charge on any atom is -0.478 e. The van der Waals surface area contributed by atoms with Crippen LogP contribution in [0.4, 0.5) is 0 Å².